The summed E-state index contributed by atoms with van der Waals surface area (Å²) in [5.74, 6) is 0.0396. The topological polar surface area (TPSA) is 76.9 Å². The molecule has 3 rings (SSSR count). The van der Waals surface area contributed by atoms with E-state index in [1.54, 1.807) is 18.9 Å². The van der Waals surface area contributed by atoms with Crippen molar-refractivity contribution in [1.29, 1.82) is 0 Å². The van der Waals surface area contributed by atoms with Crippen molar-refractivity contribution < 1.29 is 19.1 Å². The largest absolute Gasteiger partial charge is 0.444 e. The lowest BCUT2D eigenvalue weighted by Gasteiger charge is -2.34. The summed E-state index contributed by atoms with van der Waals surface area (Å²) in [4.78, 5) is 28.2. The zero-order chi connectivity index (χ0) is 19.8. The second kappa shape index (κ2) is 7.50. The van der Waals surface area contributed by atoms with Crippen molar-refractivity contribution in [1.82, 2.24) is 19.6 Å². The van der Waals surface area contributed by atoms with Gasteiger partial charge in [0.15, 0.2) is 0 Å². The van der Waals surface area contributed by atoms with Gasteiger partial charge in [0, 0.05) is 25.8 Å². The van der Waals surface area contributed by atoms with Crippen LogP contribution in [0, 0.1) is 0 Å². The molecule has 2 aliphatic rings. The van der Waals surface area contributed by atoms with Gasteiger partial charge in [0.05, 0.1) is 31.0 Å². The Morgan fingerprint density at radius 1 is 1.19 bits per heavy atom. The molecule has 0 saturated carbocycles. The molecule has 0 N–H and O–H groups in total. The van der Waals surface area contributed by atoms with Crippen molar-refractivity contribution in [2.75, 3.05) is 20.2 Å². The van der Waals surface area contributed by atoms with Crippen LogP contribution in [0.25, 0.3) is 0 Å². The molecule has 8 heteroatoms. The van der Waals surface area contributed by atoms with Crippen molar-refractivity contribution in [3.05, 3.63) is 17.5 Å². The molecule has 1 fully saturated rings. The SMILES string of the molecule is COC(C)C(=O)N1CCC(n2ncc3c2CN(C(=O)OC(C)(C)C)C3)CC1. The zero-order valence-corrected chi connectivity index (χ0v) is 16.9. The van der Waals surface area contributed by atoms with Crippen LogP contribution in [0.1, 0.15) is 57.8 Å². The van der Waals surface area contributed by atoms with Crippen LogP contribution in [0.5, 0.6) is 0 Å². The smallest absolute Gasteiger partial charge is 0.410 e. The van der Waals surface area contributed by atoms with Gasteiger partial charge < -0.3 is 14.4 Å². The number of carbonyl (C=O) groups is 2. The average molecular weight is 378 g/mol. The number of rotatable bonds is 3. The van der Waals surface area contributed by atoms with Gasteiger partial charge in [0.2, 0.25) is 0 Å². The molecule has 3 heterocycles. The van der Waals surface area contributed by atoms with Gasteiger partial charge in [-0.15, -0.1) is 0 Å². The number of nitrogens with zero attached hydrogens (tertiary/aromatic N) is 4. The Labute approximate surface area is 160 Å². The first-order valence-electron chi connectivity index (χ1n) is 9.54. The molecule has 0 radical (unpaired) electrons. The maximum absolute atomic E-state index is 12.3. The van der Waals surface area contributed by atoms with Crippen LogP contribution in [0.15, 0.2) is 6.20 Å². The van der Waals surface area contributed by atoms with E-state index in [1.165, 1.54) is 0 Å². The molecule has 1 unspecified atom stereocenters. The second-order valence-corrected chi connectivity index (χ2v) is 8.33. The molecule has 150 valence electrons. The molecule has 1 aromatic rings. The third kappa shape index (κ3) is 4.26. The summed E-state index contributed by atoms with van der Waals surface area (Å²) in [6.07, 6.45) is 2.85. The van der Waals surface area contributed by atoms with Crippen LogP contribution in [-0.2, 0) is 27.4 Å². The number of likely N-dealkylation sites (tertiary alicyclic amines) is 1. The molecule has 0 spiro atoms. The number of amides is 2. The van der Waals surface area contributed by atoms with Gasteiger partial charge in [-0.2, -0.15) is 5.10 Å². The molecule has 0 aromatic carbocycles. The van der Waals surface area contributed by atoms with Crippen molar-refractivity contribution >= 4 is 12.0 Å². The Balaban J connectivity index is 1.61. The lowest BCUT2D eigenvalue weighted by Crippen LogP contribution is -2.44. The number of hydrogen-bond donors (Lipinski definition) is 0. The number of piperidine rings is 1. The Kier molecular flexibility index (Phi) is 5.46. The average Bonchev–Trinajstić information content (AvgIpc) is 3.20. The van der Waals surface area contributed by atoms with Crippen LogP contribution in [-0.4, -0.2) is 63.5 Å². The third-order valence-corrected chi connectivity index (χ3v) is 5.16. The molecule has 1 aromatic heterocycles. The van der Waals surface area contributed by atoms with Crippen LogP contribution in [0.4, 0.5) is 4.79 Å². The minimum absolute atomic E-state index is 0.0396. The molecule has 2 aliphatic heterocycles. The fraction of sp³-hybridized carbons (Fsp3) is 0.737. The lowest BCUT2D eigenvalue weighted by atomic mass is 10.0. The molecular weight excluding hydrogens is 348 g/mol. The monoisotopic (exact) mass is 378 g/mol. The maximum Gasteiger partial charge on any atom is 0.410 e. The molecule has 1 atom stereocenters. The highest BCUT2D eigenvalue weighted by Crippen LogP contribution is 2.30. The summed E-state index contributed by atoms with van der Waals surface area (Å²) in [5, 5.41) is 4.56. The zero-order valence-electron chi connectivity index (χ0n) is 16.9. The van der Waals surface area contributed by atoms with E-state index in [4.69, 9.17) is 9.47 Å². The van der Waals surface area contributed by atoms with E-state index in [0.29, 0.717) is 26.2 Å². The fourth-order valence-corrected chi connectivity index (χ4v) is 3.63. The Bertz CT molecular complexity index is 701. The molecule has 1 saturated heterocycles. The number of fused-ring (bicyclic) bond motifs is 1. The van der Waals surface area contributed by atoms with Gasteiger partial charge >= 0.3 is 6.09 Å². The summed E-state index contributed by atoms with van der Waals surface area (Å²) in [6.45, 7) is 9.83. The van der Waals surface area contributed by atoms with Crippen LogP contribution in [0.2, 0.25) is 0 Å². The molecule has 27 heavy (non-hydrogen) atoms. The first-order valence-corrected chi connectivity index (χ1v) is 9.54. The van der Waals surface area contributed by atoms with Crippen LogP contribution in [0.3, 0.4) is 0 Å². The molecular formula is C19H30N4O4. The quantitative estimate of drug-likeness (QED) is 0.807. The molecule has 8 nitrogen and oxygen atoms in total. The lowest BCUT2D eigenvalue weighted by molar-refractivity contribution is -0.142. The fourth-order valence-electron chi connectivity index (χ4n) is 3.63. The van der Waals surface area contributed by atoms with Gasteiger partial charge in [-0.1, -0.05) is 0 Å². The normalized spacial score (nSPS) is 19.1. The van der Waals surface area contributed by atoms with Crippen molar-refractivity contribution in [3.63, 3.8) is 0 Å². The maximum atomic E-state index is 12.3. The minimum atomic E-state index is -0.503. The summed E-state index contributed by atoms with van der Waals surface area (Å²) in [6, 6.07) is 0.245. The predicted octanol–water partition coefficient (Wildman–Crippen LogP) is 2.33. The number of aromatic nitrogens is 2. The van der Waals surface area contributed by atoms with E-state index in [-0.39, 0.29) is 18.0 Å². The first kappa shape index (κ1) is 19.7. The van der Waals surface area contributed by atoms with Crippen molar-refractivity contribution in [2.45, 2.75) is 71.4 Å². The summed E-state index contributed by atoms with van der Waals surface area (Å²) in [7, 11) is 1.55. The Hall–Kier alpha value is -2.09. The molecule has 2 amide bonds. The van der Waals surface area contributed by atoms with E-state index in [0.717, 1.165) is 24.1 Å². The van der Waals surface area contributed by atoms with E-state index in [1.807, 2.05) is 36.5 Å². The van der Waals surface area contributed by atoms with Crippen molar-refractivity contribution in [3.8, 4) is 0 Å². The summed E-state index contributed by atoms with van der Waals surface area (Å²) >= 11 is 0. The van der Waals surface area contributed by atoms with Gasteiger partial charge in [-0.3, -0.25) is 14.4 Å². The molecule has 0 aliphatic carbocycles. The standard InChI is InChI=1S/C19H30N4O4/c1-13(26-5)17(24)21-8-6-15(7-9-21)23-16-12-22(11-14(16)10-20-23)18(25)27-19(2,3)4/h10,13,15H,6-9,11-12H2,1-5H3. The summed E-state index contributed by atoms with van der Waals surface area (Å²) < 4.78 is 12.7. The van der Waals surface area contributed by atoms with E-state index in [9.17, 15) is 9.59 Å². The van der Waals surface area contributed by atoms with Gasteiger partial charge in [-0.25, -0.2) is 4.79 Å². The number of ether oxygens (including phenoxy) is 2. The number of methoxy groups -OCH3 is 1. The second-order valence-electron chi connectivity index (χ2n) is 8.33. The van der Waals surface area contributed by atoms with E-state index < -0.39 is 11.7 Å². The highest BCUT2D eigenvalue weighted by Gasteiger charge is 2.33. The van der Waals surface area contributed by atoms with E-state index in [2.05, 4.69) is 5.10 Å². The van der Waals surface area contributed by atoms with Gasteiger partial charge in [0.1, 0.15) is 11.7 Å². The Morgan fingerprint density at radius 2 is 1.85 bits per heavy atom. The number of hydrogen-bond acceptors (Lipinski definition) is 5. The Morgan fingerprint density at radius 3 is 2.44 bits per heavy atom. The first-order chi connectivity index (χ1) is 12.7. The third-order valence-electron chi connectivity index (χ3n) is 5.16. The molecule has 0 bridgehead atoms. The van der Waals surface area contributed by atoms with Crippen molar-refractivity contribution in [2.24, 2.45) is 0 Å². The predicted molar refractivity (Wildman–Crippen MR) is 99.0 cm³/mol. The van der Waals surface area contributed by atoms with Crippen LogP contribution >= 0.6 is 0 Å². The highest BCUT2D eigenvalue weighted by atomic mass is 16.6. The van der Waals surface area contributed by atoms with E-state index >= 15 is 0 Å². The minimum Gasteiger partial charge on any atom is -0.444 e. The highest BCUT2D eigenvalue weighted by molar-refractivity contribution is 5.80. The number of carbonyl (C=O) groups excluding carboxylic acids is 2. The van der Waals surface area contributed by atoms with Gasteiger partial charge in [0.25, 0.3) is 5.91 Å². The van der Waals surface area contributed by atoms with Crippen LogP contribution < -0.4 is 0 Å². The summed E-state index contributed by atoms with van der Waals surface area (Å²) in [5.41, 5.74) is 1.65. The van der Waals surface area contributed by atoms with Gasteiger partial charge in [-0.05, 0) is 40.5 Å².